The number of azo groups is 1. The molecule has 22 heteroatoms. The number of benzene rings is 3. The van der Waals surface area contributed by atoms with E-state index in [2.05, 4.69) is 96.1 Å². The van der Waals surface area contributed by atoms with Gasteiger partial charge in [0, 0.05) is 0 Å². The molecule has 0 spiro atoms. The van der Waals surface area contributed by atoms with Gasteiger partial charge in [0.1, 0.15) is 21.6 Å². The van der Waals surface area contributed by atoms with E-state index in [1.54, 1.807) is 0 Å². The van der Waals surface area contributed by atoms with E-state index < -0.39 is 56.7 Å². The molecule has 3 aromatic carbocycles. The van der Waals surface area contributed by atoms with Crippen LogP contribution >= 0.6 is 0 Å². The van der Waals surface area contributed by atoms with Crippen molar-refractivity contribution >= 4 is 75.0 Å². The smallest absolute Gasteiger partial charge is 0.744 e. The van der Waals surface area contributed by atoms with E-state index in [1.165, 1.54) is 54.6 Å². The molecular weight excluding hydrogens is 949 g/mol. The van der Waals surface area contributed by atoms with Gasteiger partial charge in [-0.3, -0.25) is 5.43 Å². The molecule has 0 radical (unpaired) electrons. The third kappa shape index (κ3) is 19.8. The molecule has 0 amide bonds. The molecule has 16 nitrogen and oxygen atoms in total. The standard InChI is InChI=1S/C44H60N5O8S3.2Na.O3S/c1-41(2,3)28-43(7,8)23-11-25-58(51,52)33-18-14-31(15-19-33)46-48-35-22-13-30-27-36(60(55,56)57)39(40(50)37(30)38(35)45)49-47-32-16-20-34(21-17-32)59(53,54)26-12-24-44(9,10)29-42(4,5)6;;;1-4(2)3/h13-21,27,45-46,50H,11-12,23-26,28-29H2,1-10H3,(H,55,56,57);;;/q-1;2*+1;/p-1. The van der Waals surface area contributed by atoms with Gasteiger partial charge in [-0.15, -0.1) is 23.3 Å². The zero-order valence-electron chi connectivity index (χ0n) is 39.9. The number of sulfone groups is 2. The van der Waals surface area contributed by atoms with Gasteiger partial charge in [0.2, 0.25) is 0 Å². The van der Waals surface area contributed by atoms with Crippen molar-refractivity contribution in [2.24, 2.45) is 37.0 Å². The van der Waals surface area contributed by atoms with Crippen molar-refractivity contribution in [3.8, 4) is 5.75 Å². The van der Waals surface area contributed by atoms with Crippen LogP contribution in [0, 0.1) is 33.1 Å². The Bertz CT molecular complexity index is 2740. The average molecular weight is 1010 g/mol. The number of phenolic OH excluding ortho intramolecular Hbond substituents is 1. The number of hydrogen-bond donors (Lipinski definition) is 3. The summed E-state index contributed by atoms with van der Waals surface area (Å²) in [7, 11) is -15.5. The van der Waals surface area contributed by atoms with E-state index in [9.17, 15) is 34.9 Å². The predicted molar refractivity (Wildman–Crippen MR) is 247 cm³/mol. The zero-order valence-corrected chi connectivity index (χ0v) is 47.2. The van der Waals surface area contributed by atoms with Crippen LogP contribution in [0.5, 0.6) is 5.75 Å². The third-order valence-corrected chi connectivity index (χ3v) is 14.4. The number of phenols is 1. The van der Waals surface area contributed by atoms with Gasteiger partial charge in [-0.1, -0.05) is 80.9 Å². The molecule has 0 aliphatic heterocycles. The van der Waals surface area contributed by atoms with Gasteiger partial charge in [-0.25, -0.2) is 30.4 Å². The molecule has 0 aromatic heterocycles. The Morgan fingerprint density at radius 1 is 0.712 bits per heavy atom. The van der Waals surface area contributed by atoms with E-state index in [-0.39, 0.29) is 130 Å². The fourth-order valence-electron chi connectivity index (χ4n) is 8.19. The largest absolute Gasteiger partial charge is 1.00 e. The molecule has 352 valence electrons. The van der Waals surface area contributed by atoms with Gasteiger partial charge in [0.05, 0.1) is 37.6 Å². The van der Waals surface area contributed by atoms with Gasteiger partial charge >= 0.3 is 69.7 Å². The quantitative estimate of drug-likeness (QED) is 0.0578. The van der Waals surface area contributed by atoms with Crippen LogP contribution in [0.25, 0.3) is 6.08 Å². The molecule has 3 N–H and O–H groups in total. The zero-order chi connectivity index (χ0) is 48.7. The number of rotatable bonds is 17. The monoisotopic (exact) mass is 1010 g/mol. The number of nitrogens with zero attached hydrogens (tertiary/aromatic N) is 3. The molecular formula is C44H59N5Na2O11S4. The predicted octanol–water partition coefficient (Wildman–Crippen LogP) is 3.41. The van der Waals surface area contributed by atoms with Crippen LogP contribution in [0.3, 0.4) is 0 Å². The van der Waals surface area contributed by atoms with E-state index in [1.807, 2.05) is 0 Å². The van der Waals surface area contributed by atoms with Crippen LogP contribution < -0.4 is 64.5 Å². The minimum absolute atomic E-state index is 0. The van der Waals surface area contributed by atoms with Crippen molar-refractivity contribution in [1.29, 1.82) is 5.41 Å². The Morgan fingerprint density at radius 2 is 1.14 bits per heavy atom. The van der Waals surface area contributed by atoms with Gasteiger partial charge < -0.3 is 15.1 Å². The summed E-state index contributed by atoms with van der Waals surface area (Å²) >= 11 is 0. The molecule has 0 unspecified atom stereocenters. The molecule has 4 rings (SSSR count). The van der Waals surface area contributed by atoms with Crippen LogP contribution in [0.4, 0.5) is 17.1 Å². The Kier molecular flexibility index (Phi) is 22.6. The number of fused-ring (bicyclic) bond motifs is 1. The van der Waals surface area contributed by atoms with Gasteiger partial charge in [0.15, 0.2) is 19.7 Å². The first-order valence-electron chi connectivity index (χ1n) is 20.3. The summed E-state index contributed by atoms with van der Waals surface area (Å²) in [4.78, 5) is -0.642. The number of hydrazone groups is 1. The minimum atomic E-state index is -5.21. The van der Waals surface area contributed by atoms with Crippen LogP contribution in [0.15, 0.2) is 84.6 Å². The van der Waals surface area contributed by atoms with Crippen LogP contribution in [0.1, 0.15) is 119 Å². The fraction of sp³-hybridized carbons (Fsp3) is 0.500. The second-order valence-electron chi connectivity index (χ2n) is 19.8. The maximum absolute atomic E-state index is 13.1. The average Bonchev–Trinajstić information content (AvgIpc) is 3.11. The van der Waals surface area contributed by atoms with Crippen molar-refractivity contribution in [2.75, 3.05) is 16.9 Å². The summed E-state index contributed by atoms with van der Waals surface area (Å²) < 4.78 is 115. The Labute approximate surface area is 436 Å². The molecule has 0 saturated heterocycles. The first-order chi connectivity index (χ1) is 29.1. The second-order valence-corrected chi connectivity index (χ2v) is 25.8. The molecule has 0 heterocycles. The first-order valence-corrected chi connectivity index (χ1v) is 26.1. The van der Waals surface area contributed by atoms with Gasteiger partial charge in [-0.05, 0) is 120 Å². The molecule has 1 aliphatic carbocycles. The maximum Gasteiger partial charge on any atom is 1.00 e. The van der Waals surface area contributed by atoms with Crippen molar-refractivity contribution in [1.82, 2.24) is 0 Å². The first kappa shape index (κ1) is 61.4. The van der Waals surface area contributed by atoms with Crippen LogP contribution in [-0.4, -0.2) is 70.5 Å². The fourth-order valence-corrected chi connectivity index (χ4v) is 11.5. The van der Waals surface area contributed by atoms with Crippen molar-refractivity contribution < 1.29 is 107 Å². The molecule has 0 saturated carbocycles. The maximum atomic E-state index is 13.1. The summed E-state index contributed by atoms with van der Waals surface area (Å²) in [6.45, 7) is 21.5. The third-order valence-electron chi connectivity index (χ3n) is 9.91. The van der Waals surface area contributed by atoms with Gasteiger partial charge in [0.25, 0.3) is 0 Å². The van der Waals surface area contributed by atoms with E-state index >= 15 is 0 Å². The number of allylic oxidation sites excluding steroid dienone is 1. The van der Waals surface area contributed by atoms with Crippen LogP contribution in [0.2, 0.25) is 0 Å². The Hall–Kier alpha value is -2.63. The summed E-state index contributed by atoms with van der Waals surface area (Å²) in [5, 5.41) is 32.1. The summed E-state index contributed by atoms with van der Waals surface area (Å²) in [5.41, 5.74) is 2.12. The Morgan fingerprint density at radius 3 is 1.55 bits per heavy atom. The van der Waals surface area contributed by atoms with Crippen molar-refractivity contribution in [2.45, 2.75) is 122 Å². The van der Waals surface area contributed by atoms with E-state index in [0.29, 0.717) is 18.5 Å². The van der Waals surface area contributed by atoms with Crippen LogP contribution in [-0.2, 0) is 40.4 Å². The number of hydrogen-bond acceptors (Lipinski definition) is 16. The molecule has 0 atom stereocenters. The number of nitrogens with one attached hydrogen (secondary N) is 2. The summed E-state index contributed by atoms with van der Waals surface area (Å²) in [6.07, 6.45) is 8.43. The summed E-state index contributed by atoms with van der Waals surface area (Å²) in [6, 6.07) is 12.4. The topological polar surface area (TPSA) is 270 Å². The normalized spacial score (nSPS) is 14.2. The SMILES string of the molecule is CC(C)(C)CC(C)(C)CCCS(=O)(=O)c1ccc(N=Nc2c(S(=O)(=O)[O-])cc3c(c2O)C(=N)C(=NNc2ccc(S(=O)(=O)CCCC(C)(C)CC(C)(C)C)cc2)[C-]=C3)cc1.O=S(=O)=O.[Na+].[Na+]. The minimum Gasteiger partial charge on any atom is -0.744 e. The van der Waals surface area contributed by atoms with Crippen molar-refractivity contribution in [3.05, 3.63) is 71.8 Å². The Balaban J connectivity index is 0.00000348. The number of aromatic hydroxyl groups is 1. The molecule has 1 aliphatic rings. The van der Waals surface area contributed by atoms with E-state index in [4.69, 9.17) is 18.0 Å². The molecule has 66 heavy (non-hydrogen) atoms. The second kappa shape index (κ2) is 24.3. The summed E-state index contributed by atoms with van der Waals surface area (Å²) in [5.74, 6) is -0.840. The molecule has 3 aromatic rings. The molecule has 0 bridgehead atoms. The van der Waals surface area contributed by atoms with Gasteiger partial charge in [-0.2, -0.15) is 17.3 Å². The van der Waals surface area contributed by atoms with E-state index in [0.717, 1.165) is 31.7 Å². The number of anilines is 1. The van der Waals surface area contributed by atoms with Crippen molar-refractivity contribution in [3.63, 3.8) is 0 Å². The molecule has 0 fully saturated rings.